The zero-order valence-electron chi connectivity index (χ0n) is 8.18. The first-order chi connectivity index (χ1) is 6.93. The van der Waals surface area contributed by atoms with E-state index in [-0.39, 0.29) is 5.56 Å². The molecule has 2 nitrogen and oxygen atoms in total. The molecule has 0 unspecified atom stereocenters. The fourth-order valence-electron chi connectivity index (χ4n) is 1.18. The molecule has 0 radical (unpaired) electrons. The minimum absolute atomic E-state index is 0.210. The summed E-state index contributed by atoms with van der Waals surface area (Å²) < 4.78 is 41.3. The number of alkyl halides is 2. The van der Waals surface area contributed by atoms with Gasteiger partial charge in [-0.15, -0.1) is 0 Å². The highest BCUT2D eigenvalue weighted by atomic mass is 19.3. The third-order valence-electron chi connectivity index (χ3n) is 1.86. The summed E-state index contributed by atoms with van der Waals surface area (Å²) in [6.07, 6.45) is 0. The fourth-order valence-corrected chi connectivity index (χ4v) is 1.18. The van der Waals surface area contributed by atoms with Gasteiger partial charge in [-0.25, -0.2) is 4.39 Å². The number of ketones is 1. The molecule has 5 heteroatoms. The molecule has 0 aliphatic heterocycles. The topological polar surface area (TPSA) is 26.3 Å². The molecule has 0 aliphatic rings. The normalized spacial score (nSPS) is 10.5. The van der Waals surface area contributed by atoms with E-state index >= 15 is 0 Å². The van der Waals surface area contributed by atoms with Crippen molar-refractivity contribution in [3.8, 4) is 5.75 Å². The zero-order valence-corrected chi connectivity index (χ0v) is 8.18. The Labute approximate surface area is 84.7 Å². The van der Waals surface area contributed by atoms with Gasteiger partial charge in [0.15, 0.2) is 5.78 Å². The summed E-state index contributed by atoms with van der Waals surface area (Å²) in [5, 5.41) is 0. The molecule has 0 aliphatic carbocycles. The van der Waals surface area contributed by atoms with Crippen LogP contribution in [0.5, 0.6) is 5.75 Å². The molecule has 0 saturated carbocycles. The van der Waals surface area contributed by atoms with E-state index in [2.05, 4.69) is 4.74 Å². The van der Waals surface area contributed by atoms with E-state index in [1.165, 1.54) is 13.0 Å². The van der Waals surface area contributed by atoms with E-state index in [1.807, 2.05) is 0 Å². The average Bonchev–Trinajstić information content (AvgIpc) is 2.10. The zero-order chi connectivity index (χ0) is 11.6. The maximum atomic E-state index is 13.4. The molecule has 1 aromatic rings. The monoisotopic (exact) mass is 218 g/mol. The van der Waals surface area contributed by atoms with E-state index in [0.717, 1.165) is 13.0 Å². The largest absolute Gasteiger partial charge is 0.434 e. The minimum Gasteiger partial charge on any atom is -0.434 e. The van der Waals surface area contributed by atoms with Crippen molar-refractivity contribution in [2.75, 3.05) is 0 Å². The standard InChI is InChI=1S/C10H9F3O2/c1-5-3-4-7(15-10(12)13)8(6(2)14)9(5)11/h3-4,10H,1-2H3. The lowest BCUT2D eigenvalue weighted by atomic mass is 10.1. The SMILES string of the molecule is CC(=O)c1c(OC(F)F)ccc(C)c1F. The number of ether oxygens (including phenoxy) is 1. The highest BCUT2D eigenvalue weighted by Crippen LogP contribution is 2.26. The predicted octanol–water partition coefficient (Wildman–Crippen LogP) is 2.94. The molecule has 1 aromatic carbocycles. The molecular formula is C10H9F3O2. The quantitative estimate of drug-likeness (QED) is 0.729. The van der Waals surface area contributed by atoms with Crippen LogP contribution in [-0.4, -0.2) is 12.4 Å². The van der Waals surface area contributed by atoms with Gasteiger partial charge in [-0.3, -0.25) is 4.79 Å². The van der Waals surface area contributed by atoms with Crippen LogP contribution in [-0.2, 0) is 0 Å². The Bertz CT molecular complexity index is 388. The number of hydrogen-bond acceptors (Lipinski definition) is 2. The van der Waals surface area contributed by atoms with Crippen molar-refractivity contribution in [1.82, 2.24) is 0 Å². The average molecular weight is 218 g/mol. The van der Waals surface area contributed by atoms with E-state index in [1.54, 1.807) is 0 Å². The van der Waals surface area contributed by atoms with Gasteiger partial charge in [0.2, 0.25) is 0 Å². The summed E-state index contributed by atoms with van der Waals surface area (Å²) in [5.41, 5.74) is -0.225. The number of rotatable bonds is 3. The van der Waals surface area contributed by atoms with Crippen LogP contribution in [0.1, 0.15) is 22.8 Å². The number of halogens is 3. The molecule has 1 rings (SSSR count). The van der Waals surface area contributed by atoms with Crippen LogP contribution in [0, 0.1) is 12.7 Å². The van der Waals surface area contributed by atoms with Gasteiger partial charge < -0.3 is 4.74 Å². The van der Waals surface area contributed by atoms with Crippen LogP contribution in [0.2, 0.25) is 0 Å². The molecule has 15 heavy (non-hydrogen) atoms. The predicted molar refractivity (Wildman–Crippen MR) is 47.8 cm³/mol. The van der Waals surface area contributed by atoms with Crippen molar-refractivity contribution in [3.05, 3.63) is 29.1 Å². The maximum Gasteiger partial charge on any atom is 0.387 e. The molecule has 0 spiro atoms. The summed E-state index contributed by atoms with van der Waals surface area (Å²) in [4.78, 5) is 11.1. The second-order valence-corrected chi connectivity index (χ2v) is 3.00. The molecule has 0 amide bonds. The van der Waals surface area contributed by atoms with Crippen LogP contribution in [0.3, 0.4) is 0 Å². The van der Waals surface area contributed by atoms with E-state index in [4.69, 9.17) is 0 Å². The highest BCUT2D eigenvalue weighted by Gasteiger charge is 2.18. The Balaban J connectivity index is 3.27. The second-order valence-electron chi connectivity index (χ2n) is 3.00. The van der Waals surface area contributed by atoms with Gasteiger partial charge in [0.1, 0.15) is 11.6 Å². The second kappa shape index (κ2) is 4.33. The molecule has 0 bridgehead atoms. The molecule has 0 atom stereocenters. The number of hydrogen-bond donors (Lipinski definition) is 0. The minimum atomic E-state index is -3.08. The van der Waals surface area contributed by atoms with Crippen LogP contribution >= 0.6 is 0 Å². The van der Waals surface area contributed by atoms with E-state index in [0.29, 0.717) is 0 Å². The molecule has 0 saturated heterocycles. The first kappa shape index (κ1) is 11.6. The molecule has 0 aromatic heterocycles. The molecule has 0 N–H and O–H groups in total. The Hall–Kier alpha value is -1.52. The number of benzene rings is 1. The number of carbonyl (C=O) groups is 1. The highest BCUT2D eigenvalue weighted by molar-refractivity contribution is 5.97. The summed E-state index contributed by atoms with van der Waals surface area (Å²) in [7, 11) is 0. The third kappa shape index (κ3) is 2.49. The Kier molecular flexibility index (Phi) is 3.34. The van der Waals surface area contributed by atoms with Crippen molar-refractivity contribution >= 4 is 5.78 Å². The van der Waals surface area contributed by atoms with Gasteiger partial charge in [0, 0.05) is 0 Å². The van der Waals surface area contributed by atoms with Gasteiger partial charge in [-0.05, 0) is 25.5 Å². The van der Waals surface area contributed by atoms with Crippen LogP contribution < -0.4 is 4.74 Å². The number of aryl methyl sites for hydroxylation is 1. The van der Waals surface area contributed by atoms with Gasteiger partial charge in [-0.1, -0.05) is 6.07 Å². The molecule has 0 fully saturated rings. The summed E-state index contributed by atoms with van der Waals surface area (Å²) in [6.45, 7) is -0.547. The van der Waals surface area contributed by atoms with Gasteiger partial charge in [0.05, 0.1) is 5.56 Å². The lowest BCUT2D eigenvalue weighted by Gasteiger charge is -2.10. The lowest BCUT2D eigenvalue weighted by molar-refractivity contribution is -0.0503. The first-order valence-corrected chi connectivity index (χ1v) is 4.18. The van der Waals surface area contributed by atoms with Crippen molar-refractivity contribution in [2.24, 2.45) is 0 Å². The van der Waals surface area contributed by atoms with Crippen molar-refractivity contribution in [1.29, 1.82) is 0 Å². The fraction of sp³-hybridized carbons (Fsp3) is 0.300. The molecule has 82 valence electrons. The van der Waals surface area contributed by atoms with E-state index in [9.17, 15) is 18.0 Å². The summed E-state index contributed by atoms with van der Waals surface area (Å²) >= 11 is 0. The van der Waals surface area contributed by atoms with Crippen molar-refractivity contribution in [2.45, 2.75) is 20.5 Å². The number of Topliss-reactive ketones (excluding diaryl/α,β-unsaturated/α-hetero) is 1. The van der Waals surface area contributed by atoms with Crippen LogP contribution in [0.25, 0.3) is 0 Å². The summed E-state index contributed by atoms with van der Waals surface area (Å²) in [6, 6.07) is 2.43. The van der Waals surface area contributed by atoms with Crippen LogP contribution in [0.4, 0.5) is 13.2 Å². The smallest absolute Gasteiger partial charge is 0.387 e. The molecular weight excluding hydrogens is 209 g/mol. The summed E-state index contributed by atoms with van der Waals surface area (Å²) in [5.74, 6) is -1.90. The first-order valence-electron chi connectivity index (χ1n) is 4.18. The van der Waals surface area contributed by atoms with Crippen molar-refractivity contribution in [3.63, 3.8) is 0 Å². The van der Waals surface area contributed by atoms with Crippen LogP contribution in [0.15, 0.2) is 12.1 Å². The van der Waals surface area contributed by atoms with Gasteiger partial charge in [0.25, 0.3) is 0 Å². The Morgan fingerprint density at radius 3 is 2.47 bits per heavy atom. The van der Waals surface area contributed by atoms with Gasteiger partial charge >= 0.3 is 6.61 Å². The van der Waals surface area contributed by atoms with Gasteiger partial charge in [-0.2, -0.15) is 8.78 Å². The maximum absolute atomic E-state index is 13.4. The Morgan fingerprint density at radius 1 is 1.40 bits per heavy atom. The third-order valence-corrected chi connectivity index (χ3v) is 1.86. The Morgan fingerprint density at radius 2 is 2.00 bits per heavy atom. The molecule has 0 heterocycles. The van der Waals surface area contributed by atoms with E-state index < -0.39 is 29.5 Å². The van der Waals surface area contributed by atoms with Crippen molar-refractivity contribution < 1.29 is 22.7 Å². The number of carbonyl (C=O) groups excluding carboxylic acids is 1. The lowest BCUT2D eigenvalue weighted by Crippen LogP contribution is -2.09.